The molecule has 0 fully saturated rings. The summed E-state index contributed by atoms with van der Waals surface area (Å²) in [6, 6.07) is 26.3. The maximum Gasteiger partial charge on any atom is 0.119 e. The van der Waals surface area contributed by atoms with E-state index in [-0.39, 0.29) is 0 Å². The van der Waals surface area contributed by atoms with Crippen molar-refractivity contribution in [1.29, 1.82) is 0 Å². The molecule has 0 saturated carbocycles. The minimum absolute atomic E-state index is 0.735. The summed E-state index contributed by atoms with van der Waals surface area (Å²) in [6.45, 7) is 0.747. The quantitative estimate of drug-likeness (QED) is 0.598. The third-order valence-electron chi connectivity index (χ3n) is 3.71. The molecule has 0 N–H and O–H groups in total. The van der Waals surface area contributed by atoms with Crippen LogP contribution in [0.25, 0.3) is 0 Å². The lowest BCUT2D eigenvalue weighted by Gasteiger charge is -2.26. The normalized spacial score (nSPS) is 10.3. The summed E-state index contributed by atoms with van der Waals surface area (Å²) >= 11 is 6.43. The van der Waals surface area contributed by atoms with E-state index in [1.807, 2.05) is 66.7 Å². The van der Waals surface area contributed by atoms with Gasteiger partial charge < -0.3 is 9.64 Å². The van der Waals surface area contributed by atoms with Gasteiger partial charge in [0, 0.05) is 12.2 Å². The molecular weight excluding hydrogens is 306 g/mol. The molecule has 0 amide bonds. The zero-order chi connectivity index (χ0) is 16.1. The summed E-state index contributed by atoms with van der Waals surface area (Å²) in [7, 11) is 1.67. The largest absolute Gasteiger partial charge is 0.497 e. The molecule has 0 aliphatic heterocycles. The summed E-state index contributed by atoms with van der Waals surface area (Å²) in [5.41, 5.74) is 3.29. The van der Waals surface area contributed by atoms with Gasteiger partial charge in [-0.15, -0.1) is 0 Å². The maximum atomic E-state index is 6.43. The highest BCUT2D eigenvalue weighted by Gasteiger charge is 2.13. The molecule has 3 rings (SSSR count). The highest BCUT2D eigenvalue weighted by atomic mass is 35.5. The fourth-order valence-electron chi connectivity index (χ4n) is 2.51. The molecule has 3 aromatic rings. The van der Waals surface area contributed by atoms with Gasteiger partial charge in [-0.25, -0.2) is 0 Å². The molecule has 0 bridgehead atoms. The number of nitrogens with zero attached hydrogens (tertiary/aromatic N) is 1. The van der Waals surface area contributed by atoms with E-state index < -0.39 is 0 Å². The van der Waals surface area contributed by atoms with Gasteiger partial charge in [0.25, 0.3) is 0 Å². The number of hydrogen-bond donors (Lipinski definition) is 0. The highest BCUT2D eigenvalue weighted by molar-refractivity contribution is 6.33. The van der Waals surface area contributed by atoms with Crippen LogP contribution in [0, 0.1) is 0 Å². The predicted octanol–water partition coefficient (Wildman–Crippen LogP) is 5.69. The first kappa shape index (κ1) is 15.4. The van der Waals surface area contributed by atoms with Gasteiger partial charge in [0.05, 0.1) is 17.8 Å². The van der Waals surface area contributed by atoms with Gasteiger partial charge in [0.2, 0.25) is 0 Å². The Balaban J connectivity index is 2.00. The molecule has 0 radical (unpaired) electrons. The zero-order valence-corrected chi connectivity index (χ0v) is 13.7. The Morgan fingerprint density at radius 3 is 2.13 bits per heavy atom. The third kappa shape index (κ3) is 3.66. The van der Waals surface area contributed by atoms with Crippen molar-refractivity contribution in [2.75, 3.05) is 12.0 Å². The first-order valence-electron chi connectivity index (χ1n) is 7.48. The Morgan fingerprint density at radius 1 is 0.826 bits per heavy atom. The van der Waals surface area contributed by atoms with Gasteiger partial charge >= 0.3 is 0 Å². The number of methoxy groups -OCH3 is 1. The SMILES string of the molecule is COc1ccc(N(Cc2ccccc2)c2ccccc2Cl)cc1. The van der Waals surface area contributed by atoms with E-state index in [1.54, 1.807) is 7.11 Å². The Kier molecular flexibility index (Phi) is 4.84. The van der Waals surface area contributed by atoms with Gasteiger partial charge in [-0.2, -0.15) is 0 Å². The minimum atomic E-state index is 0.735. The van der Waals surface area contributed by atoms with E-state index in [4.69, 9.17) is 16.3 Å². The van der Waals surface area contributed by atoms with Crippen molar-refractivity contribution in [2.24, 2.45) is 0 Å². The van der Waals surface area contributed by atoms with E-state index in [0.717, 1.165) is 28.7 Å². The summed E-state index contributed by atoms with van der Waals surface area (Å²) in [5, 5.41) is 0.735. The van der Waals surface area contributed by atoms with Crippen molar-refractivity contribution < 1.29 is 4.74 Å². The molecule has 0 aromatic heterocycles. The van der Waals surface area contributed by atoms with Crippen LogP contribution in [0.5, 0.6) is 5.75 Å². The fourth-order valence-corrected chi connectivity index (χ4v) is 2.75. The average molecular weight is 324 g/mol. The van der Waals surface area contributed by atoms with E-state index >= 15 is 0 Å². The van der Waals surface area contributed by atoms with Crippen molar-refractivity contribution in [3.8, 4) is 5.75 Å². The summed E-state index contributed by atoms with van der Waals surface area (Å²) in [6.07, 6.45) is 0. The molecule has 0 unspecified atom stereocenters. The lowest BCUT2D eigenvalue weighted by atomic mass is 10.1. The van der Waals surface area contributed by atoms with Gasteiger partial charge in [-0.3, -0.25) is 0 Å². The van der Waals surface area contributed by atoms with Crippen LogP contribution in [0.4, 0.5) is 11.4 Å². The summed E-state index contributed by atoms with van der Waals surface area (Å²) in [5.74, 6) is 0.840. The van der Waals surface area contributed by atoms with Crippen molar-refractivity contribution in [3.63, 3.8) is 0 Å². The van der Waals surface area contributed by atoms with Gasteiger partial charge in [0.15, 0.2) is 0 Å². The number of ether oxygens (including phenoxy) is 1. The second-order valence-electron chi connectivity index (χ2n) is 5.22. The standard InChI is InChI=1S/C20H18ClNO/c1-23-18-13-11-17(12-14-18)22(15-16-7-3-2-4-8-16)20-10-6-5-9-19(20)21/h2-14H,15H2,1H3. The zero-order valence-electron chi connectivity index (χ0n) is 12.9. The Hall–Kier alpha value is -2.45. The minimum Gasteiger partial charge on any atom is -0.497 e. The van der Waals surface area contributed by atoms with Crippen LogP contribution in [-0.2, 0) is 6.54 Å². The van der Waals surface area contributed by atoms with Crippen LogP contribution in [0.2, 0.25) is 5.02 Å². The molecule has 0 aliphatic carbocycles. The van der Waals surface area contributed by atoms with Gasteiger partial charge in [-0.1, -0.05) is 54.1 Å². The second-order valence-corrected chi connectivity index (χ2v) is 5.63. The van der Waals surface area contributed by atoms with E-state index in [0.29, 0.717) is 0 Å². The topological polar surface area (TPSA) is 12.5 Å². The van der Waals surface area contributed by atoms with E-state index in [9.17, 15) is 0 Å². The van der Waals surface area contributed by atoms with E-state index in [1.165, 1.54) is 5.56 Å². The maximum absolute atomic E-state index is 6.43. The van der Waals surface area contributed by atoms with Gasteiger partial charge in [0.1, 0.15) is 5.75 Å². The van der Waals surface area contributed by atoms with Gasteiger partial charge in [-0.05, 0) is 42.0 Å². The Bertz CT molecular complexity index is 756. The van der Waals surface area contributed by atoms with Crippen LogP contribution in [0.15, 0.2) is 78.9 Å². The Morgan fingerprint density at radius 2 is 1.48 bits per heavy atom. The van der Waals surface area contributed by atoms with Crippen LogP contribution in [0.3, 0.4) is 0 Å². The van der Waals surface area contributed by atoms with Crippen LogP contribution in [-0.4, -0.2) is 7.11 Å². The Labute approximate surface area is 141 Å². The van der Waals surface area contributed by atoms with Crippen molar-refractivity contribution in [3.05, 3.63) is 89.4 Å². The fraction of sp³-hybridized carbons (Fsp3) is 0.100. The van der Waals surface area contributed by atoms with E-state index in [2.05, 4.69) is 17.0 Å². The molecule has 2 nitrogen and oxygen atoms in total. The highest BCUT2D eigenvalue weighted by Crippen LogP contribution is 2.33. The number of para-hydroxylation sites is 1. The predicted molar refractivity (Wildman–Crippen MR) is 96.7 cm³/mol. The van der Waals surface area contributed by atoms with Crippen LogP contribution < -0.4 is 9.64 Å². The number of benzene rings is 3. The average Bonchev–Trinajstić information content (AvgIpc) is 2.61. The monoisotopic (exact) mass is 323 g/mol. The molecule has 0 spiro atoms. The number of rotatable bonds is 5. The van der Waals surface area contributed by atoms with Crippen molar-refractivity contribution in [1.82, 2.24) is 0 Å². The summed E-state index contributed by atoms with van der Waals surface area (Å²) < 4.78 is 5.25. The molecule has 3 aromatic carbocycles. The molecule has 116 valence electrons. The molecule has 0 heterocycles. The van der Waals surface area contributed by atoms with Crippen LogP contribution >= 0.6 is 11.6 Å². The smallest absolute Gasteiger partial charge is 0.119 e. The first-order valence-corrected chi connectivity index (χ1v) is 7.86. The number of anilines is 2. The number of halogens is 1. The molecular formula is C20H18ClNO. The van der Waals surface area contributed by atoms with Crippen molar-refractivity contribution >= 4 is 23.0 Å². The van der Waals surface area contributed by atoms with Crippen molar-refractivity contribution in [2.45, 2.75) is 6.54 Å². The first-order chi connectivity index (χ1) is 11.3. The lowest BCUT2D eigenvalue weighted by molar-refractivity contribution is 0.415. The molecule has 0 aliphatic rings. The second kappa shape index (κ2) is 7.21. The molecule has 23 heavy (non-hydrogen) atoms. The molecule has 3 heteroatoms. The third-order valence-corrected chi connectivity index (χ3v) is 4.03. The van der Waals surface area contributed by atoms with Crippen LogP contribution in [0.1, 0.15) is 5.56 Å². The summed E-state index contributed by atoms with van der Waals surface area (Å²) in [4.78, 5) is 2.21. The lowest BCUT2D eigenvalue weighted by Crippen LogP contribution is -2.16. The number of hydrogen-bond acceptors (Lipinski definition) is 2. The molecule has 0 atom stereocenters. The molecule has 0 saturated heterocycles.